The van der Waals surface area contributed by atoms with Gasteiger partial charge in [-0.05, 0) is 41.5 Å². The van der Waals surface area contributed by atoms with E-state index in [4.69, 9.17) is 21.1 Å². The highest BCUT2D eigenvalue weighted by Crippen LogP contribution is 2.29. The van der Waals surface area contributed by atoms with E-state index in [1.807, 2.05) is 54.6 Å². The van der Waals surface area contributed by atoms with Crippen LogP contribution in [0.3, 0.4) is 0 Å². The van der Waals surface area contributed by atoms with Gasteiger partial charge in [-0.25, -0.2) is 0 Å². The minimum absolute atomic E-state index is 0.413. The molecule has 0 spiro atoms. The molecule has 0 aliphatic carbocycles. The van der Waals surface area contributed by atoms with E-state index in [9.17, 15) is 4.79 Å². The van der Waals surface area contributed by atoms with Gasteiger partial charge in [0.15, 0.2) is 11.5 Å². The van der Waals surface area contributed by atoms with Crippen molar-refractivity contribution in [2.24, 2.45) is 0 Å². The van der Waals surface area contributed by atoms with E-state index in [0.29, 0.717) is 30.3 Å². The standard InChI is InChI=1S/C22H19ClO3/c23-20-9-6-17(7-10-20)12-13-25-21-11-8-19(15-24)14-22(21)26-16-18-4-2-1-3-5-18/h1-11,14-15H,12-13,16H2. The lowest BCUT2D eigenvalue weighted by molar-refractivity contribution is 0.112. The molecule has 0 unspecified atom stereocenters. The Morgan fingerprint density at radius 2 is 1.58 bits per heavy atom. The fraction of sp³-hybridized carbons (Fsp3) is 0.136. The summed E-state index contributed by atoms with van der Waals surface area (Å²) in [5.74, 6) is 1.19. The number of carbonyl (C=O) groups excluding carboxylic acids is 1. The van der Waals surface area contributed by atoms with Crippen LogP contribution in [0.25, 0.3) is 0 Å². The minimum atomic E-state index is 0.413. The van der Waals surface area contributed by atoms with Crippen LogP contribution in [0.1, 0.15) is 21.5 Å². The van der Waals surface area contributed by atoms with Crippen molar-refractivity contribution < 1.29 is 14.3 Å². The predicted octanol–water partition coefficient (Wildman–Crippen LogP) is 5.35. The Morgan fingerprint density at radius 1 is 0.808 bits per heavy atom. The molecule has 0 aromatic heterocycles. The zero-order chi connectivity index (χ0) is 18.2. The van der Waals surface area contributed by atoms with Crippen LogP contribution in [0.5, 0.6) is 11.5 Å². The van der Waals surface area contributed by atoms with E-state index >= 15 is 0 Å². The zero-order valence-corrected chi connectivity index (χ0v) is 15.0. The summed E-state index contributed by atoms with van der Waals surface area (Å²) in [6.45, 7) is 0.917. The molecule has 0 aliphatic rings. The first-order valence-corrected chi connectivity index (χ1v) is 8.75. The van der Waals surface area contributed by atoms with Crippen LogP contribution in [-0.4, -0.2) is 12.9 Å². The molecule has 0 fully saturated rings. The Hall–Kier alpha value is -2.78. The van der Waals surface area contributed by atoms with Crippen molar-refractivity contribution in [2.75, 3.05) is 6.61 Å². The van der Waals surface area contributed by atoms with Crippen LogP contribution in [0.2, 0.25) is 5.02 Å². The van der Waals surface area contributed by atoms with Gasteiger partial charge < -0.3 is 9.47 Å². The van der Waals surface area contributed by atoms with Crippen molar-refractivity contribution in [1.82, 2.24) is 0 Å². The number of benzene rings is 3. The van der Waals surface area contributed by atoms with E-state index in [2.05, 4.69) is 0 Å². The lowest BCUT2D eigenvalue weighted by Gasteiger charge is -2.13. The van der Waals surface area contributed by atoms with Crippen LogP contribution in [0.15, 0.2) is 72.8 Å². The number of ether oxygens (including phenoxy) is 2. The average Bonchev–Trinajstić information content (AvgIpc) is 2.69. The fourth-order valence-corrected chi connectivity index (χ4v) is 2.62. The van der Waals surface area contributed by atoms with Gasteiger partial charge in [0.2, 0.25) is 0 Å². The van der Waals surface area contributed by atoms with E-state index in [0.717, 1.165) is 28.9 Å². The predicted molar refractivity (Wildman–Crippen MR) is 103 cm³/mol. The molecule has 0 saturated heterocycles. The van der Waals surface area contributed by atoms with Gasteiger partial charge in [0, 0.05) is 17.0 Å². The van der Waals surface area contributed by atoms with Crippen molar-refractivity contribution in [3.8, 4) is 11.5 Å². The van der Waals surface area contributed by atoms with Gasteiger partial charge >= 0.3 is 0 Å². The molecule has 0 amide bonds. The van der Waals surface area contributed by atoms with Gasteiger partial charge in [-0.15, -0.1) is 0 Å². The topological polar surface area (TPSA) is 35.5 Å². The molecular formula is C22H19ClO3. The Bertz CT molecular complexity index is 845. The normalized spacial score (nSPS) is 10.3. The van der Waals surface area contributed by atoms with Crippen molar-refractivity contribution >= 4 is 17.9 Å². The van der Waals surface area contributed by atoms with Crippen molar-refractivity contribution in [3.63, 3.8) is 0 Å². The molecule has 0 heterocycles. The average molecular weight is 367 g/mol. The Balaban J connectivity index is 1.65. The van der Waals surface area contributed by atoms with E-state index in [1.54, 1.807) is 18.2 Å². The molecule has 0 bridgehead atoms. The molecule has 0 N–H and O–H groups in total. The Morgan fingerprint density at radius 3 is 2.31 bits per heavy atom. The third-order valence-corrected chi connectivity index (χ3v) is 4.15. The van der Waals surface area contributed by atoms with E-state index in [-0.39, 0.29) is 0 Å². The summed E-state index contributed by atoms with van der Waals surface area (Å²) in [5, 5.41) is 0.718. The van der Waals surface area contributed by atoms with Crippen LogP contribution >= 0.6 is 11.6 Å². The largest absolute Gasteiger partial charge is 0.489 e. The highest BCUT2D eigenvalue weighted by atomic mass is 35.5. The minimum Gasteiger partial charge on any atom is -0.489 e. The Labute approximate surface area is 158 Å². The van der Waals surface area contributed by atoms with Crippen molar-refractivity contribution in [2.45, 2.75) is 13.0 Å². The molecule has 0 aliphatic heterocycles. The highest BCUT2D eigenvalue weighted by Gasteiger charge is 2.08. The molecule has 3 rings (SSSR count). The second-order valence-electron chi connectivity index (χ2n) is 5.82. The number of rotatable bonds is 8. The van der Waals surface area contributed by atoms with E-state index in [1.165, 1.54) is 0 Å². The highest BCUT2D eigenvalue weighted by molar-refractivity contribution is 6.30. The first-order valence-electron chi connectivity index (χ1n) is 8.38. The number of hydrogen-bond donors (Lipinski definition) is 0. The lowest BCUT2D eigenvalue weighted by Crippen LogP contribution is -2.04. The molecule has 0 radical (unpaired) electrons. The summed E-state index contributed by atoms with van der Waals surface area (Å²) < 4.78 is 11.8. The first-order chi connectivity index (χ1) is 12.7. The number of carbonyl (C=O) groups is 1. The Kier molecular flexibility index (Phi) is 6.29. The summed E-state index contributed by atoms with van der Waals surface area (Å²) in [6.07, 6.45) is 1.55. The lowest BCUT2D eigenvalue weighted by atomic mass is 10.2. The summed E-state index contributed by atoms with van der Waals surface area (Å²) in [5.41, 5.74) is 2.75. The van der Waals surface area contributed by atoms with Crippen molar-refractivity contribution in [1.29, 1.82) is 0 Å². The third kappa shape index (κ3) is 5.11. The molecular weight excluding hydrogens is 348 g/mol. The van der Waals surface area contributed by atoms with Gasteiger partial charge in [-0.2, -0.15) is 0 Å². The van der Waals surface area contributed by atoms with Gasteiger partial charge in [-0.3, -0.25) is 4.79 Å². The maximum Gasteiger partial charge on any atom is 0.162 e. The van der Waals surface area contributed by atoms with Gasteiger partial charge in [0.05, 0.1) is 6.61 Å². The monoisotopic (exact) mass is 366 g/mol. The SMILES string of the molecule is O=Cc1ccc(OCCc2ccc(Cl)cc2)c(OCc2ccccc2)c1. The van der Waals surface area contributed by atoms with Gasteiger partial charge in [0.25, 0.3) is 0 Å². The summed E-state index contributed by atoms with van der Waals surface area (Å²) in [4.78, 5) is 11.1. The molecule has 3 nitrogen and oxygen atoms in total. The van der Waals surface area contributed by atoms with Gasteiger partial charge in [0.1, 0.15) is 12.9 Å². The number of hydrogen-bond acceptors (Lipinski definition) is 3. The quantitative estimate of drug-likeness (QED) is 0.504. The summed E-state index contributed by atoms with van der Waals surface area (Å²) in [7, 11) is 0. The van der Waals surface area contributed by atoms with E-state index < -0.39 is 0 Å². The van der Waals surface area contributed by atoms with Gasteiger partial charge in [-0.1, -0.05) is 54.1 Å². The first kappa shape index (κ1) is 18.0. The molecule has 3 aromatic rings. The maximum atomic E-state index is 11.1. The molecule has 4 heteroatoms. The fourth-order valence-electron chi connectivity index (χ4n) is 2.50. The molecule has 3 aromatic carbocycles. The second kappa shape index (κ2) is 9.07. The zero-order valence-electron chi connectivity index (χ0n) is 14.2. The molecule has 0 atom stereocenters. The van der Waals surface area contributed by atoms with Crippen LogP contribution < -0.4 is 9.47 Å². The second-order valence-corrected chi connectivity index (χ2v) is 6.26. The summed E-state index contributed by atoms with van der Waals surface area (Å²) in [6, 6.07) is 22.8. The van der Waals surface area contributed by atoms with Crippen molar-refractivity contribution in [3.05, 3.63) is 94.5 Å². The van der Waals surface area contributed by atoms with Crippen LogP contribution in [0.4, 0.5) is 0 Å². The third-order valence-electron chi connectivity index (χ3n) is 3.90. The summed E-state index contributed by atoms with van der Waals surface area (Å²) >= 11 is 5.90. The molecule has 26 heavy (non-hydrogen) atoms. The number of aldehydes is 1. The molecule has 0 saturated carbocycles. The number of halogens is 1. The van der Waals surface area contributed by atoms with Crippen LogP contribution in [0, 0.1) is 0 Å². The van der Waals surface area contributed by atoms with Crippen LogP contribution in [-0.2, 0) is 13.0 Å². The maximum absolute atomic E-state index is 11.1. The molecule has 132 valence electrons. The smallest absolute Gasteiger partial charge is 0.162 e.